The maximum absolute atomic E-state index is 12.7. The summed E-state index contributed by atoms with van der Waals surface area (Å²) in [6.45, 7) is 2.08. The van der Waals surface area contributed by atoms with E-state index in [4.69, 9.17) is 4.74 Å². The van der Waals surface area contributed by atoms with E-state index in [0.29, 0.717) is 43.7 Å². The molecule has 1 amide bonds. The first-order chi connectivity index (χ1) is 13.9. The first-order valence-corrected chi connectivity index (χ1v) is 11.4. The third-order valence-corrected chi connectivity index (χ3v) is 7.19. The van der Waals surface area contributed by atoms with Crippen LogP contribution in [0.3, 0.4) is 0 Å². The maximum atomic E-state index is 12.7. The van der Waals surface area contributed by atoms with Gasteiger partial charge in [-0.15, -0.1) is 0 Å². The number of amides is 1. The van der Waals surface area contributed by atoms with Crippen LogP contribution in [0.15, 0.2) is 35.5 Å². The Morgan fingerprint density at radius 1 is 1.28 bits per heavy atom. The fourth-order valence-corrected chi connectivity index (χ4v) is 4.93. The highest BCUT2D eigenvalue weighted by Crippen LogP contribution is 2.29. The second-order valence-corrected chi connectivity index (χ2v) is 9.66. The van der Waals surface area contributed by atoms with Gasteiger partial charge in [0, 0.05) is 45.1 Å². The van der Waals surface area contributed by atoms with Crippen molar-refractivity contribution < 1.29 is 17.9 Å². The molecule has 1 saturated heterocycles. The van der Waals surface area contributed by atoms with Gasteiger partial charge >= 0.3 is 0 Å². The fourth-order valence-electron chi connectivity index (χ4n) is 3.34. The first kappa shape index (κ1) is 19.9. The van der Waals surface area contributed by atoms with Crippen LogP contribution < -0.4 is 10.1 Å². The predicted molar refractivity (Wildman–Crippen MR) is 107 cm³/mol. The van der Waals surface area contributed by atoms with Gasteiger partial charge in [0.1, 0.15) is 10.6 Å². The summed E-state index contributed by atoms with van der Waals surface area (Å²) in [6.07, 6.45) is 7.37. The molecule has 1 saturated carbocycles. The molecule has 0 aromatic carbocycles. The van der Waals surface area contributed by atoms with Crippen LogP contribution in [0.25, 0.3) is 0 Å². The molecule has 0 atom stereocenters. The Bertz CT molecular complexity index is 974. The molecule has 0 bridgehead atoms. The molecule has 3 heterocycles. The minimum absolute atomic E-state index is 0.158. The van der Waals surface area contributed by atoms with Gasteiger partial charge in [0.25, 0.3) is 5.91 Å². The molecular formula is C20H26N4O4S. The summed E-state index contributed by atoms with van der Waals surface area (Å²) in [7, 11) is -1.87. The number of aryl methyl sites for hydroxylation is 1. The lowest BCUT2D eigenvalue weighted by molar-refractivity contribution is 0.0942. The predicted octanol–water partition coefficient (Wildman–Crippen LogP) is 1.92. The van der Waals surface area contributed by atoms with Crippen LogP contribution in [0.5, 0.6) is 5.88 Å². The van der Waals surface area contributed by atoms with Crippen molar-refractivity contribution in [3.63, 3.8) is 0 Å². The first-order valence-electron chi connectivity index (χ1n) is 9.96. The Labute approximate surface area is 170 Å². The van der Waals surface area contributed by atoms with Gasteiger partial charge in [-0.25, -0.2) is 13.4 Å². The van der Waals surface area contributed by atoms with Gasteiger partial charge in [-0.2, -0.15) is 4.31 Å². The Morgan fingerprint density at radius 3 is 2.69 bits per heavy atom. The standard InChI is InChI=1S/C20H26N4O4S/c1-23-13-17(29(26,27)24-8-2-3-9-24)10-18(23)20(25)22-12-16-6-7-19(21-11-16)28-14-15-4-5-15/h6-7,10-11,13,15H,2-5,8-9,12,14H2,1H3,(H,22,25). The van der Waals surface area contributed by atoms with Crippen molar-refractivity contribution in [1.82, 2.24) is 19.2 Å². The Balaban J connectivity index is 1.36. The molecular weight excluding hydrogens is 392 g/mol. The summed E-state index contributed by atoms with van der Waals surface area (Å²) in [5, 5.41) is 2.82. The van der Waals surface area contributed by atoms with Gasteiger partial charge < -0.3 is 14.6 Å². The summed E-state index contributed by atoms with van der Waals surface area (Å²) in [5.41, 5.74) is 1.15. The molecule has 1 N–H and O–H groups in total. The lowest BCUT2D eigenvalue weighted by Crippen LogP contribution is -2.27. The van der Waals surface area contributed by atoms with Crippen molar-refractivity contribution in [2.75, 3.05) is 19.7 Å². The summed E-state index contributed by atoms with van der Waals surface area (Å²) < 4.78 is 34.0. The number of aromatic nitrogens is 2. The number of hydrogen-bond donors (Lipinski definition) is 1. The second-order valence-electron chi connectivity index (χ2n) is 7.72. The molecule has 9 heteroatoms. The van der Waals surface area contributed by atoms with E-state index in [1.54, 1.807) is 23.9 Å². The molecule has 0 radical (unpaired) electrons. The van der Waals surface area contributed by atoms with E-state index < -0.39 is 10.0 Å². The van der Waals surface area contributed by atoms with Crippen molar-refractivity contribution in [1.29, 1.82) is 0 Å². The van der Waals surface area contributed by atoms with Crippen molar-refractivity contribution in [2.24, 2.45) is 13.0 Å². The second kappa shape index (κ2) is 8.16. The van der Waals surface area contributed by atoms with Crippen LogP contribution in [0, 0.1) is 5.92 Å². The average molecular weight is 419 g/mol. The zero-order valence-corrected chi connectivity index (χ0v) is 17.3. The molecule has 2 aromatic rings. The fraction of sp³-hybridized carbons (Fsp3) is 0.500. The molecule has 1 aliphatic carbocycles. The van der Waals surface area contributed by atoms with E-state index in [1.807, 2.05) is 6.07 Å². The molecule has 1 aliphatic heterocycles. The number of carbonyl (C=O) groups is 1. The molecule has 2 aromatic heterocycles. The monoisotopic (exact) mass is 418 g/mol. The zero-order valence-electron chi connectivity index (χ0n) is 16.5. The molecule has 2 fully saturated rings. The van der Waals surface area contributed by atoms with Crippen molar-refractivity contribution in [3.8, 4) is 5.88 Å². The summed E-state index contributed by atoms with van der Waals surface area (Å²) in [5.74, 6) is 0.927. The number of hydrogen-bond acceptors (Lipinski definition) is 5. The molecule has 0 spiro atoms. The van der Waals surface area contributed by atoms with Gasteiger partial charge in [-0.3, -0.25) is 4.79 Å². The SMILES string of the molecule is Cn1cc(S(=O)(=O)N2CCCC2)cc1C(=O)NCc1ccc(OCC2CC2)nc1. The summed E-state index contributed by atoms with van der Waals surface area (Å²) >= 11 is 0. The number of sulfonamides is 1. The van der Waals surface area contributed by atoms with Gasteiger partial charge in [0.15, 0.2) is 0 Å². The van der Waals surface area contributed by atoms with Crippen molar-refractivity contribution in [3.05, 3.63) is 41.9 Å². The highest BCUT2D eigenvalue weighted by molar-refractivity contribution is 7.89. The molecule has 156 valence electrons. The van der Waals surface area contributed by atoms with Crippen LogP contribution in [0.1, 0.15) is 41.7 Å². The van der Waals surface area contributed by atoms with Crippen molar-refractivity contribution >= 4 is 15.9 Å². The van der Waals surface area contributed by atoms with E-state index in [2.05, 4.69) is 10.3 Å². The summed E-state index contributed by atoms with van der Waals surface area (Å²) in [6, 6.07) is 5.10. The van der Waals surface area contributed by atoms with E-state index in [-0.39, 0.29) is 10.8 Å². The Hall–Kier alpha value is -2.39. The van der Waals surface area contributed by atoms with Crippen LogP contribution in [-0.4, -0.2) is 47.9 Å². The minimum atomic E-state index is -3.54. The van der Waals surface area contributed by atoms with Gasteiger partial charge in [-0.05, 0) is 43.2 Å². The van der Waals surface area contributed by atoms with Crippen LogP contribution >= 0.6 is 0 Å². The number of ether oxygens (including phenoxy) is 1. The Kier molecular flexibility index (Phi) is 5.60. The van der Waals surface area contributed by atoms with Crippen LogP contribution in [0.2, 0.25) is 0 Å². The average Bonchev–Trinajstić information content (AvgIpc) is 3.19. The number of pyridine rings is 1. The minimum Gasteiger partial charge on any atom is -0.477 e. The smallest absolute Gasteiger partial charge is 0.268 e. The van der Waals surface area contributed by atoms with E-state index in [0.717, 1.165) is 18.4 Å². The molecule has 4 rings (SSSR count). The number of carbonyl (C=O) groups excluding carboxylic acids is 1. The number of rotatable bonds is 8. The van der Waals surface area contributed by atoms with E-state index >= 15 is 0 Å². The Morgan fingerprint density at radius 2 is 2.03 bits per heavy atom. The van der Waals surface area contributed by atoms with E-state index in [9.17, 15) is 13.2 Å². The third kappa shape index (κ3) is 4.62. The molecule has 0 unspecified atom stereocenters. The summed E-state index contributed by atoms with van der Waals surface area (Å²) in [4.78, 5) is 17.0. The molecule has 2 aliphatic rings. The van der Waals surface area contributed by atoms with Gasteiger partial charge in [0.2, 0.25) is 15.9 Å². The lowest BCUT2D eigenvalue weighted by Gasteiger charge is -2.13. The highest BCUT2D eigenvalue weighted by Gasteiger charge is 2.29. The van der Waals surface area contributed by atoms with Gasteiger partial charge in [-0.1, -0.05) is 6.07 Å². The number of nitrogens with one attached hydrogen (secondary N) is 1. The van der Waals surface area contributed by atoms with E-state index in [1.165, 1.54) is 29.4 Å². The zero-order chi connectivity index (χ0) is 20.4. The highest BCUT2D eigenvalue weighted by atomic mass is 32.2. The molecule has 29 heavy (non-hydrogen) atoms. The number of nitrogens with zero attached hydrogens (tertiary/aromatic N) is 3. The lowest BCUT2D eigenvalue weighted by atomic mass is 10.3. The topological polar surface area (TPSA) is 93.5 Å². The maximum Gasteiger partial charge on any atom is 0.268 e. The van der Waals surface area contributed by atoms with Crippen molar-refractivity contribution in [2.45, 2.75) is 37.1 Å². The largest absolute Gasteiger partial charge is 0.477 e. The van der Waals surface area contributed by atoms with Gasteiger partial charge in [0.05, 0.1) is 6.61 Å². The quantitative estimate of drug-likeness (QED) is 0.707. The normalized spacial score (nSPS) is 17.4. The molecule has 8 nitrogen and oxygen atoms in total. The van der Waals surface area contributed by atoms with Crippen LogP contribution in [0.4, 0.5) is 0 Å². The van der Waals surface area contributed by atoms with Crippen LogP contribution in [-0.2, 0) is 23.6 Å². The third-order valence-electron chi connectivity index (χ3n) is 5.33.